The summed E-state index contributed by atoms with van der Waals surface area (Å²) in [7, 11) is -3.90. The first-order valence-corrected chi connectivity index (χ1v) is 11.8. The van der Waals surface area contributed by atoms with Crippen molar-refractivity contribution in [3.8, 4) is 6.07 Å². The Morgan fingerprint density at radius 1 is 1.30 bits per heavy atom. The fraction of sp³-hybridized carbons (Fsp3) is 0.381. The highest BCUT2D eigenvalue weighted by Crippen LogP contribution is 2.28. The number of sulfonamides is 1. The predicted octanol–water partition coefficient (Wildman–Crippen LogP) is 1.80. The van der Waals surface area contributed by atoms with Gasteiger partial charge in [0.25, 0.3) is 5.69 Å². The van der Waals surface area contributed by atoms with Crippen molar-refractivity contribution in [2.75, 3.05) is 31.5 Å². The van der Waals surface area contributed by atoms with Gasteiger partial charge >= 0.3 is 0 Å². The summed E-state index contributed by atoms with van der Waals surface area (Å²) in [5.74, 6) is -0.0433. The zero-order chi connectivity index (χ0) is 24.0. The zero-order valence-electron chi connectivity index (χ0n) is 18.0. The van der Waals surface area contributed by atoms with Crippen LogP contribution >= 0.6 is 0 Å². The topological polar surface area (TPSA) is 158 Å². The summed E-state index contributed by atoms with van der Waals surface area (Å²) in [6.45, 7) is 2.61. The lowest BCUT2D eigenvalue weighted by Crippen LogP contribution is -2.43. The largest absolute Gasteiger partial charge is 0.367 e. The number of aryl methyl sites for hydroxylation is 1. The van der Waals surface area contributed by atoms with Crippen molar-refractivity contribution in [1.29, 1.82) is 5.26 Å². The Balaban J connectivity index is 1.52. The Kier molecular flexibility index (Phi) is 7.57. The van der Waals surface area contributed by atoms with Gasteiger partial charge in [-0.1, -0.05) is 6.07 Å². The smallest absolute Gasteiger partial charge is 0.270 e. The summed E-state index contributed by atoms with van der Waals surface area (Å²) in [6.07, 6.45) is 2.27. The number of anilines is 1. The number of hydrogen-bond donors (Lipinski definition) is 2. The quantitative estimate of drug-likeness (QED) is 0.334. The van der Waals surface area contributed by atoms with Crippen molar-refractivity contribution in [3.05, 3.63) is 57.8 Å². The molecule has 12 heteroatoms. The first-order chi connectivity index (χ1) is 15.7. The van der Waals surface area contributed by atoms with Gasteiger partial charge in [0.2, 0.25) is 15.9 Å². The van der Waals surface area contributed by atoms with Crippen molar-refractivity contribution in [1.82, 2.24) is 14.6 Å². The van der Waals surface area contributed by atoms with Crippen LogP contribution in [0.5, 0.6) is 0 Å². The van der Waals surface area contributed by atoms with E-state index in [-0.39, 0.29) is 35.5 Å². The number of nitrogens with one attached hydrogen (secondary N) is 2. The van der Waals surface area contributed by atoms with E-state index in [1.54, 1.807) is 25.3 Å². The molecule has 1 saturated heterocycles. The highest BCUT2D eigenvalue weighted by Gasteiger charge is 2.33. The number of carbonyl (C=O) groups is 1. The highest BCUT2D eigenvalue weighted by atomic mass is 32.2. The molecule has 1 aromatic carbocycles. The van der Waals surface area contributed by atoms with Crippen LogP contribution in [0.25, 0.3) is 0 Å². The summed E-state index contributed by atoms with van der Waals surface area (Å²) in [6, 6.07) is 9.12. The Morgan fingerprint density at radius 2 is 2.03 bits per heavy atom. The summed E-state index contributed by atoms with van der Waals surface area (Å²) >= 11 is 0. The lowest BCUT2D eigenvalue weighted by molar-refractivity contribution is -0.385. The first kappa shape index (κ1) is 24.1. The van der Waals surface area contributed by atoms with Gasteiger partial charge in [0.1, 0.15) is 11.9 Å². The highest BCUT2D eigenvalue weighted by molar-refractivity contribution is 7.89. The summed E-state index contributed by atoms with van der Waals surface area (Å²) < 4.78 is 27.3. The summed E-state index contributed by atoms with van der Waals surface area (Å²) in [5, 5.41) is 25.9. The number of non-ortho nitro benzene ring substituents is 1. The Hall–Kier alpha value is -3.56. The number of nitro groups is 1. The number of pyridine rings is 1. The van der Waals surface area contributed by atoms with Gasteiger partial charge in [-0.2, -0.15) is 9.57 Å². The van der Waals surface area contributed by atoms with Crippen LogP contribution in [-0.4, -0.2) is 54.7 Å². The van der Waals surface area contributed by atoms with Crippen LogP contribution in [-0.2, 0) is 14.8 Å². The third-order valence-electron chi connectivity index (χ3n) is 5.47. The molecule has 0 bridgehead atoms. The van der Waals surface area contributed by atoms with E-state index in [4.69, 9.17) is 5.26 Å². The van der Waals surface area contributed by atoms with Gasteiger partial charge < -0.3 is 10.6 Å². The second kappa shape index (κ2) is 10.4. The van der Waals surface area contributed by atoms with Gasteiger partial charge in [0, 0.05) is 50.4 Å². The van der Waals surface area contributed by atoms with Crippen LogP contribution in [0.15, 0.2) is 41.4 Å². The van der Waals surface area contributed by atoms with Crippen molar-refractivity contribution in [2.45, 2.75) is 24.7 Å². The Bertz CT molecular complexity index is 1190. The minimum atomic E-state index is -3.90. The Morgan fingerprint density at radius 3 is 2.70 bits per heavy atom. The number of piperidine rings is 1. The number of nitriles is 1. The molecular weight excluding hydrogens is 448 g/mol. The number of benzene rings is 1. The third-order valence-corrected chi connectivity index (χ3v) is 7.51. The normalized spacial score (nSPS) is 14.9. The number of aromatic nitrogens is 1. The van der Waals surface area contributed by atoms with Crippen molar-refractivity contribution in [2.24, 2.45) is 5.92 Å². The number of amides is 1. The van der Waals surface area contributed by atoms with E-state index in [0.29, 0.717) is 42.9 Å². The third kappa shape index (κ3) is 5.63. The Labute approximate surface area is 191 Å². The molecule has 0 unspecified atom stereocenters. The lowest BCUT2D eigenvalue weighted by atomic mass is 9.97. The molecule has 0 saturated carbocycles. The maximum atomic E-state index is 13.0. The molecule has 1 aromatic heterocycles. The van der Waals surface area contributed by atoms with Gasteiger partial charge in [-0.25, -0.2) is 13.4 Å². The number of rotatable bonds is 8. The fourth-order valence-electron chi connectivity index (χ4n) is 3.63. The summed E-state index contributed by atoms with van der Waals surface area (Å²) in [5.41, 5.74) is 0.562. The molecule has 33 heavy (non-hydrogen) atoms. The van der Waals surface area contributed by atoms with E-state index in [1.807, 2.05) is 6.07 Å². The predicted molar refractivity (Wildman–Crippen MR) is 120 cm³/mol. The second-order valence-corrected chi connectivity index (χ2v) is 9.52. The van der Waals surface area contributed by atoms with E-state index in [1.165, 1.54) is 16.4 Å². The molecule has 0 aliphatic carbocycles. The summed E-state index contributed by atoms with van der Waals surface area (Å²) in [4.78, 5) is 26.9. The van der Waals surface area contributed by atoms with Crippen LogP contribution in [0, 0.1) is 34.3 Å². The molecular formula is C21H24N6O5S. The maximum Gasteiger partial charge on any atom is 0.270 e. The number of nitrogens with zero attached hydrogens (tertiary/aromatic N) is 4. The van der Waals surface area contributed by atoms with Crippen molar-refractivity contribution < 1.29 is 18.1 Å². The van der Waals surface area contributed by atoms with Crippen LogP contribution in [0.3, 0.4) is 0 Å². The van der Waals surface area contributed by atoms with Gasteiger partial charge in [0.15, 0.2) is 0 Å². The number of nitro benzene ring substituents is 1. The van der Waals surface area contributed by atoms with E-state index in [9.17, 15) is 23.3 Å². The molecule has 174 valence electrons. The molecule has 2 aromatic rings. The molecule has 0 atom stereocenters. The second-order valence-electron chi connectivity index (χ2n) is 7.61. The maximum absolute atomic E-state index is 13.0. The van der Waals surface area contributed by atoms with Gasteiger partial charge in [-0.15, -0.1) is 0 Å². The molecule has 3 rings (SSSR count). The monoisotopic (exact) mass is 472 g/mol. The molecule has 11 nitrogen and oxygen atoms in total. The van der Waals surface area contributed by atoms with E-state index in [0.717, 1.165) is 6.07 Å². The van der Waals surface area contributed by atoms with Crippen molar-refractivity contribution >= 4 is 27.4 Å². The molecule has 1 fully saturated rings. The zero-order valence-corrected chi connectivity index (χ0v) is 18.8. The van der Waals surface area contributed by atoms with Gasteiger partial charge in [-0.05, 0) is 37.5 Å². The average molecular weight is 473 g/mol. The number of hydrogen-bond acceptors (Lipinski definition) is 8. The standard InChI is InChI=1S/C21H24N6O5S/c1-15-4-5-18(27(29)30)13-19(15)33(31,32)26-11-6-16(7-12-26)21(28)25-10-9-24-20-17(14-22)3-2-8-23-20/h2-5,8,13,16H,6-7,9-12H2,1H3,(H,23,24)(H,25,28). The molecule has 1 aliphatic rings. The molecule has 2 N–H and O–H groups in total. The molecule has 2 heterocycles. The lowest BCUT2D eigenvalue weighted by Gasteiger charge is -2.30. The molecule has 1 amide bonds. The molecule has 1 aliphatic heterocycles. The minimum absolute atomic E-state index is 0.0862. The van der Waals surface area contributed by atoms with E-state index >= 15 is 0 Å². The fourth-order valence-corrected chi connectivity index (χ4v) is 5.34. The van der Waals surface area contributed by atoms with Gasteiger partial charge in [0.05, 0.1) is 15.4 Å². The SMILES string of the molecule is Cc1ccc([N+](=O)[O-])cc1S(=O)(=O)N1CCC(C(=O)NCCNc2ncccc2C#N)CC1. The first-order valence-electron chi connectivity index (χ1n) is 10.4. The molecule has 0 spiro atoms. The van der Waals surface area contributed by atoms with Crippen LogP contribution in [0.2, 0.25) is 0 Å². The van der Waals surface area contributed by atoms with Crippen LogP contribution < -0.4 is 10.6 Å². The van der Waals surface area contributed by atoms with E-state index < -0.39 is 14.9 Å². The van der Waals surface area contributed by atoms with Crippen LogP contribution in [0.4, 0.5) is 11.5 Å². The van der Waals surface area contributed by atoms with Crippen molar-refractivity contribution in [3.63, 3.8) is 0 Å². The number of carbonyl (C=O) groups excluding carboxylic acids is 1. The van der Waals surface area contributed by atoms with Gasteiger partial charge in [-0.3, -0.25) is 14.9 Å². The minimum Gasteiger partial charge on any atom is -0.367 e. The van der Waals surface area contributed by atoms with E-state index in [2.05, 4.69) is 15.6 Å². The molecule has 0 radical (unpaired) electrons. The van der Waals surface area contributed by atoms with Crippen LogP contribution in [0.1, 0.15) is 24.0 Å². The average Bonchev–Trinajstić information content (AvgIpc) is 2.82.